The van der Waals surface area contributed by atoms with E-state index in [1.54, 1.807) is 0 Å². The number of hydrogen-bond acceptors (Lipinski definition) is 2. The van der Waals surface area contributed by atoms with Gasteiger partial charge in [-0.1, -0.05) is 17.7 Å². The first-order chi connectivity index (χ1) is 7.15. The van der Waals surface area contributed by atoms with Gasteiger partial charge in [-0.25, -0.2) is 0 Å². The number of anilines is 1. The molecule has 1 aliphatic carbocycles. The van der Waals surface area contributed by atoms with Crippen molar-refractivity contribution in [2.45, 2.75) is 19.8 Å². The van der Waals surface area contributed by atoms with Crippen LogP contribution in [-0.4, -0.2) is 18.3 Å². The summed E-state index contributed by atoms with van der Waals surface area (Å²) in [4.78, 5) is 0. The quantitative estimate of drug-likeness (QED) is 0.826. The fraction of sp³-hybridized carbons (Fsp3) is 0.500. The maximum Gasteiger partial charge on any atom is 0.0504 e. The van der Waals surface area contributed by atoms with Crippen molar-refractivity contribution >= 4 is 17.3 Å². The second kappa shape index (κ2) is 4.03. The number of aryl methyl sites for hydroxylation is 1. The van der Waals surface area contributed by atoms with Gasteiger partial charge < -0.3 is 10.4 Å². The molecule has 2 nitrogen and oxygen atoms in total. The van der Waals surface area contributed by atoms with Gasteiger partial charge in [0.2, 0.25) is 0 Å². The summed E-state index contributed by atoms with van der Waals surface area (Å²) in [6.45, 7) is 3.10. The van der Waals surface area contributed by atoms with Gasteiger partial charge in [0.15, 0.2) is 0 Å². The van der Waals surface area contributed by atoms with Crippen molar-refractivity contribution in [2.75, 3.05) is 18.5 Å². The zero-order chi connectivity index (χ0) is 10.9. The van der Waals surface area contributed by atoms with Crippen molar-refractivity contribution in [2.24, 2.45) is 5.41 Å². The predicted octanol–water partition coefficient (Wildman–Crippen LogP) is 2.83. The van der Waals surface area contributed by atoms with Gasteiger partial charge in [-0.15, -0.1) is 0 Å². The SMILES string of the molecule is Cc1ccc(NCC2(CO)CC2)cc1Cl. The number of aliphatic hydroxyl groups excluding tert-OH is 1. The number of benzene rings is 1. The van der Waals surface area contributed by atoms with E-state index in [-0.39, 0.29) is 12.0 Å². The predicted molar refractivity (Wildman–Crippen MR) is 63.4 cm³/mol. The third-order valence-electron chi connectivity index (χ3n) is 3.13. The van der Waals surface area contributed by atoms with Gasteiger partial charge in [-0.05, 0) is 37.5 Å². The maximum absolute atomic E-state index is 9.17. The first kappa shape index (κ1) is 10.8. The van der Waals surface area contributed by atoms with E-state index in [0.29, 0.717) is 0 Å². The van der Waals surface area contributed by atoms with E-state index in [9.17, 15) is 0 Å². The van der Waals surface area contributed by atoms with E-state index >= 15 is 0 Å². The van der Waals surface area contributed by atoms with Gasteiger partial charge in [0.1, 0.15) is 0 Å². The Bertz CT molecular complexity index is 361. The summed E-state index contributed by atoms with van der Waals surface area (Å²) >= 11 is 6.02. The molecule has 1 aliphatic rings. The normalized spacial score (nSPS) is 17.5. The Labute approximate surface area is 95.3 Å². The van der Waals surface area contributed by atoms with Crippen LogP contribution >= 0.6 is 11.6 Å². The van der Waals surface area contributed by atoms with Crippen molar-refractivity contribution in [3.05, 3.63) is 28.8 Å². The Hall–Kier alpha value is -0.730. The van der Waals surface area contributed by atoms with Gasteiger partial charge in [0.05, 0.1) is 6.61 Å². The summed E-state index contributed by atoms with van der Waals surface area (Å²) < 4.78 is 0. The van der Waals surface area contributed by atoms with Crippen LogP contribution in [0.3, 0.4) is 0 Å². The van der Waals surface area contributed by atoms with Crippen molar-refractivity contribution < 1.29 is 5.11 Å². The van der Waals surface area contributed by atoms with E-state index in [1.807, 2.05) is 25.1 Å². The Balaban J connectivity index is 1.96. The summed E-state index contributed by atoms with van der Waals surface area (Å²) in [7, 11) is 0. The average molecular weight is 226 g/mol. The monoisotopic (exact) mass is 225 g/mol. The van der Waals surface area contributed by atoms with Gasteiger partial charge in [0.25, 0.3) is 0 Å². The van der Waals surface area contributed by atoms with Crippen LogP contribution in [0.4, 0.5) is 5.69 Å². The fourth-order valence-corrected chi connectivity index (χ4v) is 1.74. The van der Waals surface area contributed by atoms with Crippen LogP contribution in [0.15, 0.2) is 18.2 Å². The molecule has 3 heteroatoms. The highest BCUT2D eigenvalue weighted by Crippen LogP contribution is 2.44. The molecule has 0 saturated heterocycles. The average Bonchev–Trinajstić information content (AvgIpc) is 3.01. The minimum atomic E-state index is 0.136. The molecule has 2 N–H and O–H groups in total. The molecule has 1 aromatic rings. The highest BCUT2D eigenvalue weighted by molar-refractivity contribution is 6.31. The lowest BCUT2D eigenvalue weighted by Gasteiger charge is -2.14. The number of aliphatic hydroxyl groups is 1. The highest BCUT2D eigenvalue weighted by atomic mass is 35.5. The molecule has 15 heavy (non-hydrogen) atoms. The minimum Gasteiger partial charge on any atom is -0.396 e. The molecule has 0 radical (unpaired) electrons. The molecule has 0 amide bonds. The first-order valence-electron chi connectivity index (χ1n) is 5.26. The van der Waals surface area contributed by atoms with E-state index in [0.717, 1.165) is 35.7 Å². The molecule has 1 fully saturated rings. The van der Waals surface area contributed by atoms with Crippen LogP contribution in [0.1, 0.15) is 18.4 Å². The molecule has 82 valence electrons. The standard InChI is InChI=1S/C12H16ClNO/c1-9-2-3-10(6-11(9)13)14-7-12(8-15)4-5-12/h2-3,6,14-15H,4-5,7-8H2,1H3. The van der Waals surface area contributed by atoms with Crippen molar-refractivity contribution in [3.8, 4) is 0 Å². The number of rotatable bonds is 4. The second-order valence-corrected chi connectivity index (χ2v) is 4.88. The third kappa shape index (κ3) is 2.44. The van der Waals surface area contributed by atoms with Gasteiger partial charge in [-0.2, -0.15) is 0 Å². The fourth-order valence-electron chi connectivity index (χ4n) is 1.56. The second-order valence-electron chi connectivity index (χ2n) is 4.48. The molecule has 0 aliphatic heterocycles. The summed E-state index contributed by atoms with van der Waals surface area (Å²) in [6, 6.07) is 5.96. The molecule has 0 aromatic heterocycles. The van der Waals surface area contributed by atoms with Gasteiger partial charge >= 0.3 is 0 Å². The smallest absolute Gasteiger partial charge is 0.0504 e. The Morgan fingerprint density at radius 3 is 2.73 bits per heavy atom. The van der Waals surface area contributed by atoms with E-state index < -0.39 is 0 Å². The summed E-state index contributed by atoms with van der Waals surface area (Å²) in [5, 5.41) is 13.3. The maximum atomic E-state index is 9.17. The largest absolute Gasteiger partial charge is 0.396 e. The zero-order valence-corrected chi connectivity index (χ0v) is 9.64. The Morgan fingerprint density at radius 2 is 2.20 bits per heavy atom. The van der Waals surface area contributed by atoms with Crippen LogP contribution < -0.4 is 5.32 Å². The van der Waals surface area contributed by atoms with Crippen molar-refractivity contribution in [1.82, 2.24) is 0 Å². The van der Waals surface area contributed by atoms with Crippen LogP contribution in [0, 0.1) is 12.3 Å². The Morgan fingerprint density at radius 1 is 1.47 bits per heavy atom. The lowest BCUT2D eigenvalue weighted by atomic mass is 10.1. The van der Waals surface area contributed by atoms with Crippen LogP contribution in [0.5, 0.6) is 0 Å². The topological polar surface area (TPSA) is 32.3 Å². The highest BCUT2D eigenvalue weighted by Gasteiger charge is 2.41. The van der Waals surface area contributed by atoms with Crippen LogP contribution in [-0.2, 0) is 0 Å². The summed E-state index contributed by atoms with van der Waals surface area (Å²) in [5.41, 5.74) is 2.26. The van der Waals surface area contributed by atoms with E-state index in [4.69, 9.17) is 16.7 Å². The summed E-state index contributed by atoms with van der Waals surface area (Å²) in [5.74, 6) is 0. The van der Waals surface area contributed by atoms with Crippen molar-refractivity contribution in [1.29, 1.82) is 0 Å². The van der Waals surface area contributed by atoms with Gasteiger partial charge in [0, 0.05) is 22.7 Å². The zero-order valence-electron chi connectivity index (χ0n) is 8.89. The van der Waals surface area contributed by atoms with Crippen LogP contribution in [0.25, 0.3) is 0 Å². The molecule has 0 unspecified atom stereocenters. The first-order valence-corrected chi connectivity index (χ1v) is 5.64. The molecular formula is C12H16ClNO. The molecule has 1 aromatic carbocycles. The Kier molecular flexibility index (Phi) is 2.89. The number of halogens is 1. The van der Waals surface area contributed by atoms with E-state index in [1.165, 1.54) is 0 Å². The van der Waals surface area contributed by atoms with Crippen LogP contribution in [0.2, 0.25) is 5.02 Å². The third-order valence-corrected chi connectivity index (χ3v) is 3.54. The minimum absolute atomic E-state index is 0.136. The van der Waals surface area contributed by atoms with Gasteiger partial charge in [-0.3, -0.25) is 0 Å². The lowest BCUT2D eigenvalue weighted by molar-refractivity contribution is 0.220. The van der Waals surface area contributed by atoms with E-state index in [2.05, 4.69) is 5.32 Å². The molecular weight excluding hydrogens is 210 g/mol. The molecule has 0 spiro atoms. The van der Waals surface area contributed by atoms with Crippen molar-refractivity contribution in [3.63, 3.8) is 0 Å². The number of hydrogen-bond donors (Lipinski definition) is 2. The number of nitrogens with one attached hydrogen (secondary N) is 1. The summed E-state index contributed by atoms with van der Waals surface area (Å²) in [6.07, 6.45) is 2.24. The molecule has 0 heterocycles. The lowest BCUT2D eigenvalue weighted by Crippen LogP contribution is -2.18. The molecule has 0 atom stereocenters. The molecule has 2 rings (SSSR count). The molecule has 0 bridgehead atoms. The molecule has 1 saturated carbocycles.